The summed E-state index contributed by atoms with van der Waals surface area (Å²) >= 11 is 5.85. The van der Waals surface area contributed by atoms with E-state index >= 15 is 0 Å². The molecule has 0 saturated carbocycles. The second kappa shape index (κ2) is 7.76. The molecule has 2 aromatic carbocycles. The van der Waals surface area contributed by atoms with E-state index in [0.717, 1.165) is 0 Å². The molecule has 0 bridgehead atoms. The highest BCUT2D eigenvalue weighted by Gasteiger charge is 2.41. The normalized spacial score (nSPS) is 15.9. The van der Waals surface area contributed by atoms with Crippen LogP contribution in [0.3, 0.4) is 0 Å². The minimum atomic E-state index is -1.30. The highest BCUT2D eigenvalue weighted by molar-refractivity contribution is 6.30. The van der Waals surface area contributed by atoms with Gasteiger partial charge in [-0.3, -0.25) is 4.79 Å². The van der Waals surface area contributed by atoms with E-state index in [1.807, 2.05) is 0 Å². The van der Waals surface area contributed by atoms with Crippen LogP contribution in [0.1, 0.15) is 23.2 Å². The van der Waals surface area contributed by atoms with Crippen molar-refractivity contribution in [2.24, 2.45) is 0 Å². The van der Waals surface area contributed by atoms with Crippen molar-refractivity contribution < 1.29 is 24.2 Å². The number of benzene rings is 2. The van der Waals surface area contributed by atoms with Crippen molar-refractivity contribution in [3.63, 3.8) is 0 Å². The van der Waals surface area contributed by atoms with E-state index in [0.29, 0.717) is 35.3 Å². The molecule has 6 nitrogen and oxygen atoms in total. The molecule has 136 valence electrons. The first-order chi connectivity index (χ1) is 12.5. The van der Waals surface area contributed by atoms with Crippen LogP contribution in [0, 0.1) is 0 Å². The predicted molar refractivity (Wildman–Crippen MR) is 95.9 cm³/mol. The molecule has 0 unspecified atom stereocenters. The maximum Gasteiger partial charge on any atom is 0.329 e. The third kappa shape index (κ3) is 4.15. The average molecular weight is 376 g/mol. The van der Waals surface area contributed by atoms with E-state index in [9.17, 15) is 14.7 Å². The van der Waals surface area contributed by atoms with Gasteiger partial charge in [0.05, 0.1) is 0 Å². The molecule has 3 rings (SSSR count). The van der Waals surface area contributed by atoms with Crippen LogP contribution in [-0.2, 0) is 9.53 Å². The summed E-state index contributed by atoms with van der Waals surface area (Å²) in [4.78, 5) is 24.3. The van der Waals surface area contributed by atoms with Gasteiger partial charge in [0.15, 0.2) is 0 Å². The molecule has 0 atom stereocenters. The van der Waals surface area contributed by atoms with E-state index in [2.05, 4.69) is 5.32 Å². The minimum absolute atomic E-state index is 0.231. The van der Waals surface area contributed by atoms with Gasteiger partial charge in [0, 0.05) is 36.6 Å². The van der Waals surface area contributed by atoms with Crippen LogP contribution in [0.5, 0.6) is 11.5 Å². The number of aliphatic carboxylic acids is 1. The van der Waals surface area contributed by atoms with Crippen molar-refractivity contribution in [3.8, 4) is 11.5 Å². The lowest BCUT2D eigenvalue weighted by molar-refractivity contribution is -0.148. The highest BCUT2D eigenvalue weighted by Crippen LogP contribution is 2.25. The van der Waals surface area contributed by atoms with Crippen LogP contribution in [0.15, 0.2) is 48.5 Å². The van der Waals surface area contributed by atoms with Gasteiger partial charge in [0.1, 0.15) is 17.0 Å². The maximum atomic E-state index is 12.6. The summed E-state index contributed by atoms with van der Waals surface area (Å²) in [6.07, 6.45) is 0.462. The van der Waals surface area contributed by atoms with Gasteiger partial charge >= 0.3 is 5.97 Å². The Balaban J connectivity index is 1.75. The zero-order valence-corrected chi connectivity index (χ0v) is 14.7. The molecule has 0 aromatic heterocycles. The van der Waals surface area contributed by atoms with Gasteiger partial charge in [-0.2, -0.15) is 0 Å². The molecule has 0 spiro atoms. The summed E-state index contributed by atoms with van der Waals surface area (Å²) in [7, 11) is 0. The zero-order chi connectivity index (χ0) is 18.6. The monoisotopic (exact) mass is 375 g/mol. The van der Waals surface area contributed by atoms with E-state index in [1.54, 1.807) is 48.5 Å². The molecule has 1 heterocycles. The summed E-state index contributed by atoms with van der Waals surface area (Å²) in [5.41, 5.74) is -0.980. The number of carboxylic acid groups (broad SMARTS) is 1. The summed E-state index contributed by atoms with van der Waals surface area (Å²) in [5, 5.41) is 12.8. The lowest BCUT2D eigenvalue weighted by Crippen LogP contribution is -2.57. The lowest BCUT2D eigenvalue weighted by Gasteiger charge is -2.33. The number of rotatable bonds is 5. The molecule has 2 aromatic rings. The number of hydrogen-bond donors (Lipinski definition) is 2. The molecule has 1 amide bonds. The number of ether oxygens (including phenoxy) is 2. The maximum absolute atomic E-state index is 12.6. The van der Waals surface area contributed by atoms with Gasteiger partial charge in [-0.1, -0.05) is 17.7 Å². The number of nitrogens with one attached hydrogen (secondary N) is 1. The Bertz CT molecular complexity index is 800. The minimum Gasteiger partial charge on any atom is -0.480 e. The molecule has 1 saturated heterocycles. The van der Waals surface area contributed by atoms with Gasteiger partial charge in [-0.15, -0.1) is 0 Å². The van der Waals surface area contributed by atoms with Gasteiger partial charge < -0.3 is 19.9 Å². The van der Waals surface area contributed by atoms with E-state index in [-0.39, 0.29) is 12.8 Å². The first-order valence-corrected chi connectivity index (χ1v) is 8.53. The molecule has 2 N–H and O–H groups in total. The Hall–Kier alpha value is -2.57. The SMILES string of the molecule is O=C(NC1(C(=O)O)CCOCC1)c1cccc(Oc2ccc(Cl)cc2)c1. The van der Waals surface area contributed by atoms with Crippen LogP contribution in [0.2, 0.25) is 5.02 Å². The molecular weight excluding hydrogens is 358 g/mol. The Morgan fingerprint density at radius 2 is 1.77 bits per heavy atom. The summed E-state index contributed by atoms with van der Waals surface area (Å²) in [6, 6.07) is 13.4. The molecular formula is C19H18ClNO5. The largest absolute Gasteiger partial charge is 0.480 e. The van der Waals surface area contributed by atoms with Gasteiger partial charge in [-0.25, -0.2) is 4.79 Å². The molecule has 26 heavy (non-hydrogen) atoms. The smallest absolute Gasteiger partial charge is 0.329 e. The standard InChI is InChI=1S/C19H18ClNO5/c20-14-4-6-15(7-5-14)26-16-3-1-2-13(12-16)17(22)21-19(18(23)24)8-10-25-11-9-19/h1-7,12H,8-11H2,(H,21,22)(H,23,24). The topological polar surface area (TPSA) is 84.9 Å². The lowest BCUT2D eigenvalue weighted by atomic mass is 9.89. The van der Waals surface area contributed by atoms with Crippen LogP contribution < -0.4 is 10.1 Å². The fourth-order valence-electron chi connectivity index (χ4n) is 2.74. The summed E-state index contributed by atoms with van der Waals surface area (Å²) < 4.78 is 10.9. The van der Waals surface area contributed by atoms with Crippen molar-refractivity contribution in [1.29, 1.82) is 0 Å². The number of hydrogen-bond acceptors (Lipinski definition) is 4. The fraction of sp³-hybridized carbons (Fsp3) is 0.263. The molecule has 0 aliphatic carbocycles. The third-order valence-electron chi connectivity index (χ3n) is 4.25. The Kier molecular flexibility index (Phi) is 5.44. The number of carboxylic acids is 1. The number of carbonyl (C=O) groups is 2. The number of carbonyl (C=O) groups excluding carboxylic acids is 1. The first kappa shape index (κ1) is 18.2. The highest BCUT2D eigenvalue weighted by atomic mass is 35.5. The van der Waals surface area contributed by atoms with Crippen molar-refractivity contribution >= 4 is 23.5 Å². The fourth-order valence-corrected chi connectivity index (χ4v) is 2.87. The Morgan fingerprint density at radius 3 is 2.42 bits per heavy atom. The van der Waals surface area contributed by atoms with E-state index in [4.69, 9.17) is 21.1 Å². The van der Waals surface area contributed by atoms with E-state index in [1.165, 1.54) is 0 Å². The van der Waals surface area contributed by atoms with Gasteiger partial charge in [-0.05, 0) is 42.5 Å². The molecule has 1 fully saturated rings. The zero-order valence-electron chi connectivity index (χ0n) is 13.9. The molecule has 1 aliphatic heterocycles. The first-order valence-electron chi connectivity index (χ1n) is 8.16. The summed E-state index contributed by atoms with van der Waals surface area (Å²) in [5.74, 6) is -0.465. The predicted octanol–water partition coefficient (Wildman–Crippen LogP) is 3.50. The van der Waals surface area contributed by atoms with E-state index < -0.39 is 17.4 Å². The van der Waals surface area contributed by atoms with Crippen molar-refractivity contribution in [1.82, 2.24) is 5.32 Å². The molecule has 0 radical (unpaired) electrons. The van der Waals surface area contributed by atoms with Gasteiger partial charge in [0.25, 0.3) is 5.91 Å². The third-order valence-corrected chi connectivity index (χ3v) is 4.51. The van der Waals surface area contributed by atoms with Crippen molar-refractivity contribution in [3.05, 3.63) is 59.1 Å². The quantitative estimate of drug-likeness (QED) is 0.835. The molecule has 7 heteroatoms. The van der Waals surface area contributed by atoms with Crippen molar-refractivity contribution in [2.75, 3.05) is 13.2 Å². The number of halogens is 1. The van der Waals surface area contributed by atoms with Crippen LogP contribution in [-0.4, -0.2) is 35.7 Å². The van der Waals surface area contributed by atoms with Crippen LogP contribution >= 0.6 is 11.6 Å². The van der Waals surface area contributed by atoms with Crippen molar-refractivity contribution in [2.45, 2.75) is 18.4 Å². The van der Waals surface area contributed by atoms with Gasteiger partial charge in [0.2, 0.25) is 0 Å². The molecule has 1 aliphatic rings. The van der Waals surface area contributed by atoms with Crippen LogP contribution in [0.25, 0.3) is 0 Å². The Labute approximate surface area is 155 Å². The van der Waals surface area contributed by atoms with Crippen LogP contribution in [0.4, 0.5) is 0 Å². The second-order valence-corrected chi connectivity index (χ2v) is 6.47. The number of amides is 1. The average Bonchev–Trinajstić information content (AvgIpc) is 2.64. The summed E-state index contributed by atoms with van der Waals surface area (Å²) in [6.45, 7) is 0.596. The Morgan fingerprint density at radius 1 is 1.08 bits per heavy atom. The second-order valence-electron chi connectivity index (χ2n) is 6.04.